The molecule has 0 amide bonds. The van der Waals surface area contributed by atoms with Gasteiger partial charge in [0.1, 0.15) is 11.6 Å². The highest BCUT2D eigenvalue weighted by Gasteiger charge is 2.15. The number of nitrogens with zero attached hydrogens (tertiary/aromatic N) is 1. The Morgan fingerprint density at radius 2 is 1.84 bits per heavy atom. The van der Waals surface area contributed by atoms with Crippen LogP contribution in [0.5, 0.6) is 5.75 Å². The van der Waals surface area contributed by atoms with Gasteiger partial charge < -0.3 is 9.84 Å². The Bertz CT molecular complexity index is 1300. The van der Waals surface area contributed by atoms with Crippen molar-refractivity contribution in [3.05, 3.63) is 83.7 Å². The fourth-order valence-corrected chi connectivity index (χ4v) is 3.74. The van der Waals surface area contributed by atoms with E-state index in [1.165, 1.54) is 24.3 Å². The first kappa shape index (κ1) is 21.5. The number of benzene rings is 3. The summed E-state index contributed by atoms with van der Waals surface area (Å²) in [7, 11) is 0. The summed E-state index contributed by atoms with van der Waals surface area (Å²) in [6, 6.07) is 19.5. The highest BCUT2D eigenvalue weighted by molar-refractivity contribution is 6.03. The van der Waals surface area contributed by atoms with E-state index in [4.69, 9.17) is 4.74 Å². The van der Waals surface area contributed by atoms with Gasteiger partial charge in [-0.1, -0.05) is 43.7 Å². The van der Waals surface area contributed by atoms with Crippen molar-refractivity contribution in [2.24, 2.45) is 0 Å². The zero-order chi connectivity index (χ0) is 22.7. The number of fused-ring (bicyclic) bond motifs is 1. The SMILES string of the molecule is CCCCOc1cccc(-c2ccc(-c3cc(C(=O)O)c4cc(F)ccc4n3)c(C)c2)c1. The first-order valence-electron chi connectivity index (χ1n) is 10.6. The lowest BCUT2D eigenvalue weighted by atomic mass is 9.96. The van der Waals surface area contributed by atoms with Gasteiger partial charge in [0, 0.05) is 10.9 Å². The second kappa shape index (κ2) is 9.18. The van der Waals surface area contributed by atoms with Crippen LogP contribution in [0.15, 0.2) is 66.7 Å². The molecule has 0 saturated carbocycles. The Balaban J connectivity index is 1.71. The van der Waals surface area contributed by atoms with Gasteiger partial charge in [0.2, 0.25) is 0 Å². The molecule has 0 aliphatic carbocycles. The van der Waals surface area contributed by atoms with Crippen LogP contribution < -0.4 is 4.74 Å². The van der Waals surface area contributed by atoms with E-state index in [1.807, 2.05) is 43.3 Å². The van der Waals surface area contributed by atoms with Crippen molar-refractivity contribution in [3.8, 4) is 28.1 Å². The van der Waals surface area contributed by atoms with Gasteiger partial charge in [0.05, 0.1) is 23.4 Å². The molecule has 0 fully saturated rings. The van der Waals surface area contributed by atoms with E-state index in [0.29, 0.717) is 17.8 Å². The third-order valence-corrected chi connectivity index (χ3v) is 5.44. The van der Waals surface area contributed by atoms with Crippen molar-refractivity contribution in [3.63, 3.8) is 0 Å². The number of aromatic carboxylic acids is 1. The molecular weight excluding hydrogens is 405 g/mol. The number of pyridine rings is 1. The van der Waals surface area contributed by atoms with Gasteiger partial charge in [0.15, 0.2) is 0 Å². The number of ether oxygens (including phenoxy) is 1. The van der Waals surface area contributed by atoms with Crippen LogP contribution in [0, 0.1) is 12.7 Å². The molecule has 32 heavy (non-hydrogen) atoms. The topological polar surface area (TPSA) is 59.4 Å². The molecule has 1 heterocycles. The number of hydrogen-bond acceptors (Lipinski definition) is 3. The second-order valence-corrected chi connectivity index (χ2v) is 7.78. The molecule has 4 nitrogen and oxygen atoms in total. The maximum absolute atomic E-state index is 13.7. The second-order valence-electron chi connectivity index (χ2n) is 7.78. The van der Waals surface area contributed by atoms with Crippen LogP contribution in [-0.2, 0) is 0 Å². The molecule has 0 bridgehead atoms. The average molecular weight is 429 g/mol. The van der Waals surface area contributed by atoms with E-state index in [0.717, 1.165) is 40.8 Å². The molecule has 162 valence electrons. The quantitative estimate of drug-likeness (QED) is 0.325. The van der Waals surface area contributed by atoms with Crippen LogP contribution in [0.4, 0.5) is 4.39 Å². The predicted molar refractivity (Wildman–Crippen MR) is 125 cm³/mol. The van der Waals surface area contributed by atoms with Crippen LogP contribution >= 0.6 is 0 Å². The minimum atomic E-state index is -1.11. The third kappa shape index (κ3) is 4.47. The normalized spacial score (nSPS) is 11.0. The first-order valence-corrected chi connectivity index (χ1v) is 10.6. The molecule has 5 heteroatoms. The fourth-order valence-electron chi connectivity index (χ4n) is 3.74. The lowest BCUT2D eigenvalue weighted by Gasteiger charge is -2.12. The fraction of sp³-hybridized carbons (Fsp3) is 0.185. The largest absolute Gasteiger partial charge is 0.494 e. The Hall–Kier alpha value is -3.73. The van der Waals surface area contributed by atoms with Crippen LogP contribution in [0.25, 0.3) is 33.3 Å². The van der Waals surface area contributed by atoms with Crippen molar-refractivity contribution >= 4 is 16.9 Å². The summed E-state index contributed by atoms with van der Waals surface area (Å²) in [6.45, 7) is 4.80. The Kier molecular flexibility index (Phi) is 6.17. The van der Waals surface area contributed by atoms with E-state index in [9.17, 15) is 14.3 Å². The monoisotopic (exact) mass is 429 g/mol. The average Bonchev–Trinajstić information content (AvgIpc) is 2.78. The van der Waals surface area contributed by atoms with Gasteiger partial charge in [-0.3, -0.25) is 0 Å². The third-order valence-electron chi connectivity index (χ3n) is 5.44. The molecular formula is C27H24FNO3. The van der Waals surface area contributed by atoms with Gasteiger partial charge in [-0.25, -0.2) is 14.2 Å². The van der Waals surface area contributed by atoms with E-state index in [2.05, 4.69) is 18.0 Å². The first-order chi connectivity index (χ1) is 15.5. The van der Waals surface area contributed by atoms with Crippen molar-refractivity contribution in [2.45, 2.75) is 26.7 Å². The molecule has 1 aromatic heterocycles. The molecule has 0 aliphatic heterocycles. The predicted octanol–water partition coefficient (Wildman–Crippen LogP) is 6.89. The standard InChI is InChI=1S/C27H24FNO3/c1-3-4-12-32-21-7-5-6-18(14-21)19-8-10-22(17(2)13-19)26-16-24(27(30)31)23-15-20(28)9-11-25(23)29-26/h5-11,13-16H,3-4,12H2,1-2H3,(H,30,31). The number of halogens is 1. The molecule has 0 radical (unpaired) electrons. The molecule has 0 aliphatic rings. The van der Waals surface area contributed by atoms with Crippen LogP contribution in [0.2, 0.25) is 0 Å². The van der Waals surface area contributed by atoms with E-state index >= 15 is 0 Å². The minimum Gasteiger partial charge on any atom is -0.494 e. The Morgan fingerprint density at radius 3 is 2.59 bits per heavy atom. The number of aromatic nitrogens is 1. The van der Waals surface area contributed by atoms with Crippen LogP contribution in [-0.4, -0.2) is 22.7 Å². The number of hydrogen-bond donors (Lipinski definition) is 1. The van der Waals surface area contributed by atoms with Crippen LogP contribution in [0.3, 0.4) is 0 Å². The maximum Gasteiger partial charge on any atom is 0.336 e. The highest BCUT2D eigenvalue weighted by Crippen LogP contribution is 2.31. The summed E-state index contributed by atoms with van der Waals surface area (Å²) in [5.74, 6) is -0.762. The molecule has 0 saturated heterocycles. The summed E-state index contributed by atoms with van der Waals surface area (Å²) < 4.78 is 19.5. The zero-order valence-electron chi connectivity index (χ0n) is 18.1. The summed E-state index contributed by atoms with van der Waals surface area (Å²) >= 11 is 0. The molecule has 0 spiro atoms. The molecule has 0 unspecified atom stereocenters. The van der Waals surface area contributed by atoms with Gasteiger partial charge in [-0.05, 0) is 66.4 Å². The van der Waals surface area contributed by atoms with E-state index < -0.39 is 11.8 Å². The summed E-state index contributed by atoms with van der Waals surface area (Å²) in [4.78, 5) is 16.4. The van der Waals surface area contributed by atoms with Gasteiger partial charge >= 0.3 is 5.97 Å². The number of unbranched alkanes of at least 4 members (excludes halogenated alkanes) is 1. The van der Waals surface area contributed by atoms with Crippen molar-refractivity contribution in [1.29, 1.82) is 0 Å². The highest BCUT2D eigenvalue weighted by atomic mass is 19.1. The maximum atomic E-state index is 13.7. The zero-order valence-corrected chi connectivity index (χ0v) is 18.1. The molecule has 4 aromatic rings. The van der Waals surface area contributed by atoms with E-state index in [1.54, 1.807) is 0 Å². The summed E-state index contributed by atoms with van der Waals surface area (Å²) in [5.41, 5.74) is 4.90. The smallest absolute Gasteiger partial charge is 0.336 e. The van der Waals surface area contributed by atoms with Crippen LogP contribution in [0.1, 0.15) is 35.7 Å². The van der Waals surface area contributed by atoms with Crippen molar-refractivity contribution in [1.82, 2.24) is 4.98 Å². The number of rotatable bonds is 7. The molecule has 0 atom stereocenters. The number of carboxylic acid groups (broad SMARTS) is 1. The number of carboxylic acids is 1. The molecule has 3 aromatic carbocycles. The van der Waals surface area contributed by atoms with Crippen molar-refractivity contribution < 1.29 is 19.0 Å². The Morgan fingerprint density at radius 1 is 1.03 bits per heavy atom. The minimum absolute atomic E-state index is 0.0323. The van der Waals surface area contributed by atoms with Gasteiger partial charge in [-0.2, -0.15) is 0 Å². The van der Waals surface area contributed by atoms with E-state index in [-0.39, 0.29) is 10.9 Å². The lowest BCUT2D eigenvalue weighted by molar-refractivity contribution is 0.0699. The number of aryl methyl sites for hydroxylation is 1. The van der Waals surface area contributed by atoms with Crippen molar-refractivity contribution in [2.75, 3.05) is 6.61 Å². The van der Waals surface area contributed by atoms with Gasteiger partial charge in [-0.15, -0.1) is 0 Å². The lowest BCUT2D eigenvalue weighted by Crippen LogP contribution is -2.01. The summed E-state index contributed by atoms with van der Waals surface area (Å²) in [5, 5.41) is 9.94. The molecule has 4 rings (SSSR count). The molecule has 1 N–H and O–H groups in total. The Labute approximate surface area is 186 Å². The number of carbonyl (C=O) groups is 1. The summed E-state index contributed by atoms with van der Waals surface area (Å²) in [6.07, 6.45) is 2.10. The van der Waals surface area contributed by atoms with Gasteiger partial charge in [0.25, 0.3) is 0 Å².